The number of rotatable bonds is 14. The lowest BCUT2D eigenvalue weighted by Crippen LogP contribution is -2.31. The lowest BCUT2D eigenvalue weighted by molar-refractivity contribution is 0.0344. The summed E-state index contributed by atoms with van der Waals surface area (Å²) in [5.41, 5.74) is 0. The van der Waals surface area contributed by atoms with E-state index in [4.69, 9.17) is 9.47 Å². The third-order valence-electron chi connectivity index (χ3n) is 3.45. The van der Waals surface area contributed by atoms with Crippen molar-refractivity contribution in [3.05, 3.63) is 0 Å². The molecular weight excluding hydrogens is 254 g/mol. The zero-order valence-corrected chi connectivity index (χ0v) is 13.3. The van der Waals surface area contributed by atoms with Crippen LogP contribution in [-0.2, 0) is 9.47 Å². The average Bonchev–Trinajstić information content (AvgIpc) is 3.21. The van der Waals surface area contributed by atoms with Crippen LogP contribution in [0.3, 0.4) is 0 Å². The van der Waals surface area contributed by atoms with Crippen molar-refractivity contribution in [1.29, 1.82) is 0 Å². The first-order valence-corrected chi connectivity index (χ1v) is 8.22. The van der Waals surface area contributed by atoms with Crippen LogP contribution in [0.1, 0.15) is 46.0 Å². The minimum absolute atomic E-state index is 0.401. The predicted octanol–water partition coefficient (Wildman–Crippen LogP) is 2.21. The predicted molar refractivity (Wildman–Crippen MR) is 81.9 cm³/mol. The maximum atomic E-state index is 9.72. The summed E-state index contributed by atoms with van der Waals surface area (Å²) in [7, 11) is 0. The summed E-state index contributed by atoms with van der Waals surface area (Å²) in [5, 5.41) is 13.0. The second-order valence-electron chi connectivity index (χ2n) is 6.34. The molecule has 0 aromatic rings. The zero-order chi connectivity index (χ0) is 14.6. The van der Waals surface area contributed by atoms with Gasteiger partial charge in [0.15, 0.2) is 0 Å². The van der Waals surface area contributed by atoms with E-state index in [0.29, 0.717) is 13.2 Å². The Kier molecular flexibility index (Phi) is 10.3. The molecule has 1 fully saturated rings. The van der Waals surface area contributed by atoms with Crippen molar-refractivity contribution >= 4 is 0 Å². The molecule has 0 amide bonds. The van der Waals surface area contributed by atoms with Gasteiger partial charge in [0, 0.05) is 26.4 Å². The van der Waals surface area contributed by atoms with Crippen LogP contribution in [0, 0.1) is 11.8 Å². The Balaban J connectivity index is 1.74. The molecule has 0 spiro atoms. The molecule has 4 nitrogen and oxygen atoms in total. The Labute approximate surface area is 124 Å². The Hall–Kier alpha value is -0.160. The SMILES string of the molecule is CC(C)CCCOCC(O)CNCCCOCC1CC1. The number of ether oxygens (including phenoxy) is 2. The molecule has 4 heteroatoms. The second-order valence-corrected chi connectivity index (χ2v) is 6.34. The number of hydrogen-bond donors (Lipinski definition) is 2. The summed E-state index contributed by atoms with van der Waals surface area (Å²) in [6, 6.07) is 0. The lowest BCUT2D eigenvalue weighted by atomic mass is 10.1. The average molecular weight is 287 g/mol. The molecule has 1 saturated carbocycles. The fraction of sp³-hybridized carbons (Fsp3) is 1.00. The van der Waals surface area contributed by atoms with Crippen LogP contribution in [0.15, 0.2) is 0 Å². The molecule has 0 aliphatic heterocycles. The standard InChI is InChI=1S/C16H33NO3/c1-14(2)5-3-9-20-13-16(18)11-17-8-4-10-19-12-15-6-7-15/h14-18H,3-13H2,1-2H3. The van der Waals surface area contributed by atoms with E-state index in [2.05, 4.69) is 19.2 Å². The van der Waals surface area contributed by atoms with E-state index in [-0.39, 0.29) is 0 Å². The van der Waals surface area contributed by atoms with Crippen LogP contribution in [0.2, 0.25) is 0 Å². The summed E-state index contributed by atoms with van der Waals surface area (Å²) < 4.78 is 11.0. The monoisotopic (exact) mass is 287 g/mol. The van der Waals surface area contributed by atoms with Crippen molar-refractivity contribution in [2.45, 2.75) is 52.1 Å². The summed E-state index contributed by atoms with van der Waals surface area (Å²) in [6.45, 7) is 8.88. The highest BCUT2D eigenvalue weighted by atomic mass is 16.5. The van der Waals surface area contributed by atoms with E-state index in [1.165, 1.54) is 19.3 Å². The minimum Gasteiger partial charge on any atom is -0.389 e. The number of hydrogen-bond acceptors (Lipinski definition) is 4. The van der Waals surface area contributed by atoms with Crippen molar-refractivity contribution in [3.8, 4) is 0 Å². The van der Waals surface area contributed by atoms with Crippen LogP contribution in [0.4, 0.5) is 0 Å². The number of aliphatic hydroxyl groups excluding tert-OH is 1. The molecule has 0 heterocycles. The van der Waals surface area contributed by atoms with Gasteiger partial charge in [-0.25, -0.2) is 0 Å². The van der Waals surface area contributed by atoms with Gasteiger partial charge in [-0.15, -0.1) is 0 Å². The largest absolute Gasteiger partial charge is 0.389 e. The molecule has 1 aliphatic rings. The van der Waals surface area contributed by atoms with Gasteiger partial charge in [0.05, 0.1) is 12.7 Å². The zero-order valence-electron chi connectivity index (χ0n) is 13.3. The minimum atomic E-state index is -0.401. The molecule has 1 rings (SSSR count). The first kappa shape index (κ1) is 17.9. The third kappa shape index (κ3) is 11.6. The fourth-order valence-corrected chi connectivity index (χ4v) is 1.97. The molecule has 20 heavy (non-hydrogen) atoms. The molecule has 1 atom stereocenters. The Bertz CT molecular complexity index is 220. The van der Waals surface area contributed by atoms with Gasteiger partial charge in [-0.3, -0.25) is 0 Å². The maximum absolute atomic E-state index is 9.72. The number of nitrogens with one attached hydrogen (secondary N) is 1. The quantitative estimate of drug-likeness (QED) is 0.481. The van der Waals surface area contributed by atoms with Crippen molar-refractivity contribution in [2.75, 3.05) is 39.5 Å². The van der Waals surface area contributed by atoms with Gasteiger partial charge in [-0.05, 0) is 50.5 Å². The fourth-order valence-electron chi connectivity index (χ4n) is 1.97. The van der Waals surface area contributed by atoms with Crippen molar-refractivity contribution in [3.63, 3.8) is 0 Å². The first-order chi connectivity index (χ1) is 9.68. The molecule has 0 radical (unpaired) electrons. The molecule has 0 aromatic carbocycles. The van der Waals surface area contributed by atoms with Crippen LogP contribution in [0.25, 0.3) is 0 Å². The number of aliphatic hydroxyl groups is 1. The van der Waals surface area contributed by atoms with E-state index in [1.807, 2.05) is 0 Å². The highest BCUT2D eigenvalue weighted by Crippen LogP contribution is 2.28. The lowest BCUT2D eigenvalue weighted by Gasteiger charge is -2.13. The van der Waals surface area contributed by atoms with Crippen LogP contribution >= 0.6 is 0 Å². The van der Waals surface area contributed by atoms with Gasteiger partial charge in [0.2, 0.25) is 0 Å². The van der Waals surface area contributed by atoms with E-state index >= 15 is 0 Å². The smallest absolute Gasteiger partial charge is 0.0897 e. The molecule has 1 unspecified atom stereocenters. The Morgan fingerprint density at radius 2 is 1.90 bits per heavy atom. The summed E-state index contributed by atoms with van der Waals surface area (Å²) in [5.74, 6) is 1.57. The van der Waals surface area contributed by atoms with E-state index in [0.717, 1.165) is 51.0 Å². The summed E-state index contributed by atoms with van der Waals surface area (Å²) >= 11 is 0. The molecule has 0 saturated heterocycles. The highest BCUT2D eigenvalue weighted by Gasteiger charge is 2.20. The van der Waals surface area contributed by atoms with Gasteiger partial charge in [0.25, 0.3) is 0 Å². The van der Waals surface area contributed by atoms with Crippen molar-refractivity contribution in [2.24, 2.45) is 11.8 Å². The molecular formula is C16H33NO3. The van der Waals surface area contributed by atoms with Gasteiger partial charge in [0.1, 0.15) is 0 Å². The van der Waals surface area contributed by atoms with Gasteiger partial charge in [-0.1, -0.05) is 13.8 Å². The van der Waals surface area contributed by atoms with Crippen LogP contribution in [-0.4, -0.2) is 50.7 Å². The normalized spacial score (nSPS) is 16.8. The van der Waals surface area contributed by atoms with Gasteiger partial charge < -0.3 is 19.9 Å². The molecule has 0 aromatic heterocycles. The first-order valence-electron chi connectivity index (χ1n) is 8.22. The third-order valence-corrected chi connectivity index (χ3v) is 3.45. The molecule has 2 N–H and O–H groups in total. The maximum Gasteiger partial charge on any atom is 0.0897 e. The van der Waals surface area contributed by atoms with Crippen molar-refractivity contribution < 1.29 is 14.6 Å². The highest BCUT2D eigenvalue weighted by molar-refractivity contribution is 4.71. The Morgan fingerprint density at radius 3 is 2.60 bits per heavy atom. The molecule has 1 aliphatic carbocycles. The topological polar surface area (TPSA) is 50.7 Å². The van der Waals surface area contributed by atoms with Crippen LogP contribution < -0.4 is 5.32 Å². The summed E-state index contributed by atoms with van der Waals surface area (Å²) in [6.07, 6.45) is 5.57. The summed E-state index contributed by atoms with van der Waals surface area (Å²) in [4.78, 5) is 0. The van der Waals surface area contributed by atoms with Crippen molar-refractivity contribution in [1.82, 2.24) is 5.32 Å². The van der Waals surface area contributed by atoms with E-state index < -0.39 is 6.10 Å². The molecule has 120 valence electrons. The second kappa shape index (κ2) is 11.5. The van der Waals surface area contributed by atoms with Gasteiger partial charge in [-0.2, -0.15) is 0 Å². The van der Waals surface area contributed by atoms with E-state index in [9.17, 15) is 5.11 Å². The Morgan fingerprint density at radius 1 is 1.15 bits per heavy atom. The van der Waals surface area contributed by atoms with Crippen LogP contribution in [0.5, 0.6) is 0 Å². The van der Waals surface area contributed by atoms with Gasteiger partial charge >= 0.3 is 0 Å². The molecule has 0 bridgehead atoms. The van der Waals surface area contributed by atoms with E-state index in [1.54, 1.807) is 0 Å².